The van der Waals surface area contributed by atoms with Crippen molar-refractivity contribution in [2.75, 3.05) is 25.5 Å². The lowest BCUT2D eigenvalue weighted by Gasteiger charge is -2.25. The van der Waals surface area contributed by atoms with E-state index in [9.17, 15) is 4.79 Å². The molecule has 3 aromatic heterocycles. The van der Waals surface area contributed by atoms with Crippen molar-refractivity contribution in [3.05, 3.63) is 59.8 Å². The number of rotatable bonds is 8. The van der Waals surface area contributed by atoms with E-state index in [1.165, 1.54) is 24.8 Å². The zero-order valence-electron chi connectivity index (χ0n) is 17.1. The SMILES string of the molecule is CN(C)c1cncc(C(=O)NCc2cn3cc(CNCC4CCC4)ccc3n2)c1. The van der Waals surface area contributed by atoms with Crippen LogP contribution in [0.15, 0.2) is 43.0 Å². The van der Waals surface area contributed by atoms with E-state index in [4.69, 9.17) is 0 Å². The van der Waals surface area contributed by atoms with Gasteiger partial charge in [-0.2, -0.15) is 0 Å². The topological polar surface area (TPSA) is 74.6 Å². The number of hydrogen-bond acceptors (Lipinski definition) is 5. The van der Waals surface area contributed by atoms with Crippen molar-refractivity contribution in [1.82, 2.24) is 25.0 Å². The van der Waals surface area contributed by atoms with Crippen LogP contribution in [0.1, 0.15) is 40.9 Å². The fourth-order valence-electron chi connectivity index (χ4n) is 3.47. The maximum absolute atomic E-state index is 12.5. The van der Waals surface area contributed by atoms with Gasteiger partial charge in [-0.1, -0.05) is 12.5 Å². The maximum atomic E-state index is 12.5. The van der Waals surface area contributed by atoms with Gasteiger partial charge in [0.2, 0.25) is 0 Å². The Labute approximate surface area is 171 Å². The molecule has 0 saturated heterocycles. The van der Waals surface area contributed by atoms with E-state index in [1.807, 2.05) is 41.7 Å². The molecule has 0 spiro atoms. The van der Waals surface area contributed by atoms with Crippen molar-refractivity contribution in [3.63, 3.8) is 0 Å². The fourth-order valence-corrected chi connectivity index (χ4v) is 3.47. The number of fused-ring (bicyclic) bond motifs is 1. The molecule has 2 N–H and O–H groups in total. The second kappa shape index (κ2) is 8.61. The molecule has 4 rings (SSSR count). The molecule has 7 heteroatoms. The zero-order valence-corrected chi connectivity index (χ0v) is 17.1. The number of carbonyl (C=O) groups excluding carboxylic acids is 1. The van der Waals surface area contributed by atoms with Gasteiger partial charge in [-0.25, -0.2) is 4.98 Å². The van der Waals surface area contributed by atoms with E-state index in [0.717, 1.165) is 36.0 Å². The quantitative estimate of drug-likeness (QED) is 0.616. The van der Waals surface area contributed by atoms with Gasteiger partial charge in [0.15, 0.2) is 0 Å². The van der Waals surface area contributed by atoms with E-state index in [1.54, 1.807) is 12.4 Å². The predicted octanol–water partition coefficient (Wildman–Crippen LogP) is 2.62. The molecule has 152 valence electrons. The van der Waals surface area contributed by atoms with Gasteiger partial charge in [-0.05, 0) is 43.0 Å². The Hall–Kier alpha value is -2.93. The van der Waals surface area contributed by atoms with Gasteiger partial charge in [0.1, 0.15) is 5.65 Å². The highest BCUT2D eigenvalue weighted by Crippen LogP contribution is 2.25. The molecule has 0 unspecified atom stereocenters. The highest BCUT2D eigenvalue weighted by molar-refractivity contribution is 5.94. The van der Waals surface area contributed by atoms with E-state index >= 15 is 0 Å². The summed E-state index contributed by atoms with van der Waals surface area (Å²) >= 11 is 0. The number of anilines is 1. The molecule has 0 radical (unpaired) electrons. The summed E-state index contributed by atoms with van der Waals surface area (Å²) in [4.78, 5) is 23.1. The Morgan fingerprint density at radius 1 is 1.21 bits per heavy atom. The van der Waals surface area contributed by atoms with Gasteiger partial charge in [-0.3, -0.25) is 9.78 Å². The molecule has 0 aromatic carbocycles. The molecular weight excluding hydrogens is 364 g/mol. The van der Waals surface area contributed by atoms with Gasteiger partial charge in [0, 0.05) is 39.2 Å². The lowest BCUT2D eigenvalue weighted by molar-refractivity contribution is 0.0950. The third kappa shape index (κ3) is 4.74. The first-order valence-corrected chi connectivity index (χ1v) is 10.2. The second-order valence-corrected chi connectivity index (χ2v) is 7.97. The summed E-state index contributed by atoms with van der Waals surface area (Å²) in [5.41, 5.74) is 4.38. The standard InChI is InChI=1S/C22H28N6O/c1-27(2)20-8-18(11-24-13-20)22(29)25-12-19-15-28-14-17(6-7-21(28)26-19)10-23-9-16-4-3-5-16/h6-8,11,13-16,23H,3-5,9-10,12H2,1-2H3,(H,25,29). The number of nitrogens with zero attached hydrogens (tertiary/aromatic N) is 4. The highest BCUT2D eigenvalue weighted by atomic mass is 16.1. The van der Waals surface area contributed by atoms with Crippen molar-refractivity contribution >= 4 is 17.2 Å². The Morgan fingerprint density at radius 2 is 2.07 bits per heavy atom. The van der Waals surface area contributed by atoms with Gasteiger partial charge in [0.05, 0.1) is 29.7 Å². The number of imidazole rings is 1. The minimum atomic E-state index is -0.154. The third-order valence-corrected chi connectivity index (χ3v) is 5.48. The van der Waals surface area contributed by atoms with Crippen LogP contribution in [0.2, 0.25) is 0 Å². The normalized spacial score (nSPS) is 14.0. The number of aromatic nitrogens is 3. The number of pyridine rings is 2. The molecule has 3 heterocycles. The number of hydrogen-bond donors (Lipinski definition) is 2. The molecule has 1 aliphatic carbocycles. The first-order chi connectivity index (χ1) is 14.1. The Bertz CT molecular complexity index is 992. The number of nitrogens with one attached hydrogen (secondary N) is 2. The second-order valence-electron chi connectivity index (χ2n) is 7.97. The van der Waals surface area contributed by atoms with Crippen LogP contribution in [0.3, 0.4) is 0 Å². The van der Waals surface area contributed by atoms with Crippen LogP contribution in [0.25, 0.3) is 5.65 Å². The van der Waals surface area contributed by atoms with Crippen LogP contribution in [-0.2, 0) is 13.1 Å². The number of amides is 1. The zero-order chi connectivity index (χ0) is 20.2. The largest absolute Gasteiger partial charge is 0.376 e. The van der Waals surface area contributed by atoms with E-state index in [2.05, 4.69) is 32.9 Å². The summed E-state index contributed by atoms with van der Waals surface area (Å²) in [6.45, 7) is 2.34. The predicted molar refractivity (Wildman–Crippen MR) is 114 cm³/mol. The van der Waals surface area contributed by atoms with Crippen LogP contribution in [0, 0.1) is 5.92 Å². The first kappa shape index (κ1) is 19.4. The Balaban J connectivity index is 1.35. The molecule has 7 nitrogen and oxygen atoms in total. The van der Waals surface area contributed by atoms with Gasteiger partial charge >= 0.3 is 0 Å². The van der Waals surface area contributed by atoms with Crippen LogP contribution >= 0.6 is 0 Å². The molecular formula is C22H28N6O. The van der Waals surface area contributed by atoms with Gasteiger partial charge in [-0.15, -0.1) is 0 Å². The lowest BCUT2D eigenvalue weighted by atomic mass is 9.85. The Kier molecular flexibility index (Phi) is 5.76. The molecule has 1 fully saturated rings. The maximum Gasteiger partial charge on any atom is 0.253 e. The first-order valence-electron chi connectivity index (χ1n) is 10.2. The summed E-state index contributed by atoms with van der Waals surface area (Å²) < 4.78 is 2.02. The van der Waals surface area contributed by atoms with Gasteiger partial charge in [0.25, 0.3) is 5.91 Å². The van der Waals surface area contributed by atoms with Crippen LogP contribution in [0.5, 0.6) is 0 Å². The number of carbonyl (C=O) groups is 1. The molecule has 0 atom stereocenters. The lowest BCUT2D eigenvalue weighted by Crippen LogP contribution is -2.26. The summed E-state index contributed by atoms with van der Waals surface area (Å²) in [5.74, 6) is 0.704. The smallest absolute Gasteiger partial charge is 0.253 e. The van der Waals surface area contributed by atoms with Crippen LogP contribution < -0.4 is 15.5 Å². The van der Waals surface area contributed by atoms with Crippen LogP contribution in [-0.4, -0.2) is 40.9 Å². The van der Waals surface area contributed by atoms with Crippen molar-refractivity contribution in [2.24, 2.45) is 5.92 Å². The Morgan fingerprint density at radius 3 is 2.83 bits per heavy atom. The molecule has 1 aliphatic rings. The molecule has 0 bridgehead atoms. The minimum Gasteiger partial charge on any atom is -0.376 e. The summed E-state index contributed by atoms with van der Waals surface area (Å²) in [6, 6.07) is 5.96. The molecule has 1 saturated carbocycles. The molecule has 0 aliphatic heterocycles. The average Bonchev–Trinajstić information content (AvgIpc) is 3.10. The van der Waals surface area contributed by atoms with Gasteiger partial charge < -0.3 is 19.9 Å². The summed E-state index contributed by atoms with van der Waals surface area (Å²) in [7, 11) is 3.85. The van der Waals surface area contributed by atoms with Crippen molar-refractivity contribution in [1.29, 1.82) is 0 Å². The summed E-state index contributed by atoms with van der Waals surface area (Å²) in [6.07, 6.45) is 11.5. The highest BCUT2D eigenvalue weighted by Gasteiger charge is 2.16. The molecule has 3 aromatic rings. The molecule has 29 heavy (non-hydrogen) atoms. The fraction of sp³-hybridized carbons (Fsp3) is 0.409. The molecule has 1 amide bonds. The monoisotopic (exact) mass is 392 g/mol. The van der Waals surface area contributed by atoms with E-state index in [0.29, 0.717) is 12.1 Å². The van der Waals surface area contributed by atoms with E-state index < -0.39 is 0 Å². The summed E-state index contributed by atoms with van der Waals surface area (Å²) in [5, 5.41) is 6.48. The van der Waals surface area contributed by atoms with Crippen LogP contribution in [0.4, 0.5) is 5.69 Å². The third-order valence-electron chi connectivity index (χ3n) is 5.48. The van der Waals surface area contributed by atoms with E-state index in [-0.39, 0.29) is 5.91 Å². The average molecular weight is 393 g/mol. The minimum absolute atomic E-state index is 0.154. The van der Waals surface area contributed by atoms with Crippen molar-refractivity contribution in [2.45, 2.75) is 32.4 Å². The van der Waals surface area contributed by atoms with Crippen molar-refractivity contribution in [3.8, 4) is 0 Å². The van der Waals surface area contributed by atoms with Crippen molar-refractivity contribution < 1.29 is 4.79 Å².